The van der Waals surface area contributed by atoms with Crippen molar-refractivity contribution in [1.82, 2.24) is 20.5 Å². The molecule has 0 saturated heterocycles. The van der Waals surface area contributed by atoms with Crippen LogP contribution in [0.1, 0.15) is 30.5 Å². The standard InChI is InChI=1S/C13H16N4O/c1-10(12-8-15-16-9-12)17-13(18)3-2-11-4-6-14-7-5-11/h4-10H,2-3H2,1H3,(H,15,16)(H,17,18). The topological polar surface area (TPSA) is 70.7 Å². The Bertz CT molecular complexity index is 481. The predicted molar refractivity (Wildman–Crippen MR) is 67.7 cm³/mol. The smallest absolute Gasteiger partial charge is 0.220 e. The van der Waals surface area contributed by atoms with Gasteiger partial charge >= 0.3 is 0 Å². The highest BCUT2D eigenvalue weighted by molar-refractivity contribution is 5.76. The van der Waals surface area contributed by atoms with Crippen molar-refractivity contribution in [2.45, 2.75) is 25.8 Å². The average molecular weight is 244 g/mol. The minimum atomic E-state index is -0.0197. The zero-order valence-electron chi connectivity index (χ0n) is 10.3. The number of aromatic amines is 1. The van der Waals surface area contributed by atoms with Gasteiger partial charge in [0.15, 0.2) is 0 Å². The van der Waals surface area contributed by atoms with Crippen LogP contribution >= 0.6 is 0 Å². The van der Waals surface area contributed by atoms with Crippen molar-refractivity contribution in [1.29, 1.82) is 0 Å². The fourth-order valence-corrected chi connectivity index (χ4v) is 1.70. The summed E-state index contributed by atoms with van der Waals surface area (Å²) >= 11 is 0. The highest BCUT2D eigenvalue weighted by atomic mass is 16.1. The van der Waals surface area contributed by atoms with Crippen LogP contribution in [0.5, 0.6) is 0 Å². The van der Waals surface area contributed by atoms with Crippen molar-refractivity contribution in [3.8, 4) is 0 Å². The molecule has 0 radical (unpaired) electrons. The molecule has 1 atom stereocenters. The monoisotopic (exact) mass is 244 g/mol. The van der Waals surface area contributed by atoms with E-state index in [-0.39, 0.29) is 11.9 Å². The largest absolute Gasteiger partial charge is 0.349 e. The SMILES string of the molecule is CC(NC(=O)CCc1ccncc1)c1cn[nH]c1. The molecule has 2 N–H and O–H groups in total. The summed E-state index contributed by atoms with van der Waals surface area (Å²) in [5.74, 6) is 0.0421. The summed E-state index contributed by atoms with van der Waals surface area (Å²) in [4.78, 5) is 15.7. The molecule has 5 nitrogen and oxygen atoms in total. The maximum Gasteiger partial charge on any atom is 0.220 e. The average Bonchev–Trinajstić information content (AvgIpc) is 2.91. The number of aromatic nitrogens is 3. The number of hydrogen-bond donors (Lipinski definition) is 2. The summed E-state index contributed by atoms with van der Waals surface area (Å²) in [5, 5.41) is 9.53. The Balaban J connectivity index is 1.79. The van der Waals surface area contributed by atoms with Crippen LogP contribution in [-0.2, 0) is 11.2 Å². The summed E-state index contributed by atoms with van der Waals surface area (Å²) in [7, 11) is 0. The van der Waals surface area contributed by atoms with E-state index >= 15 is 0 Å². The van der Waals surface area contributed by atoms with E-state index in [9.17, 15) is 4.79 Å². The third kappa shape index (κ3) is 3.41. The molecular weight excluding hydrogens is 228 g/mol. The number of rotatable bonds is 5. The van der Waals surface area contributed by atoms with Gasteiger partial charge in [-0.05, 0) is 31.0 Å². The Hall–Kier alpha value is -2.17. The Morgan fingerprint density at radius 1 is 1.44 bits per heavy atom. The fraction of sp³-hybridized carbons (Fsp3) is 0.308. The highest BCUT2D eigenvalue weighted by Crippen LogP contribution is 2.09. The Kier molecular flexibility index (Phi) is 4.06. The van der Waals surface area contributed by atoms with Crippen molar-refractivity contribution in [3.63, 3.8) is 0 Å². The predicted octanol–water partition coefficient (Wildman–Crippen LogP) is 1.61. The van der Waals surface area contributed by atoms with Gasteiger partial charge in [0, 0.05) is 30.6 Å². The molecule has 0 aliphatic rings. The van der Waals surface area contributed by atoms with Gasteiger partial charge in [-0.15, -0.1) is 0 Å². The molecule has 0 aromatic carbocycles. The van der Waals surface area contributed by atoms with E-state index in [0.29, 0.717) is 6.42 Å². The van der Waals surface area contributed by atoms with Gasteiger partial charge in [0.2, 0.25) is 5.91 Å². The number of hydrogen-bond acceptors (Lipinski definition) is 3. The van der Waals surface area contributed by atoms with Crippen LogP contribution in [0, 0.1) is 0 Å². The van der Waals surface area contributed by atoms with Crippen molar-refractivity contribution >= 4 is 5.91 Å². The number of H-pyrrole nitrogens is 1. The molecule has 0 bridgehead atoms. The quantitative estimate of drug-likeness (QED) is 0.839. The van der Waals surface area contributed by atoms with E-state index in [1.54, 1.807) is 24.8 Å². The summed E-state index contributed by atoms with van der Waals surface area (Å²) in [6.45, 7) is 1.94. The van der Waals surface area contributed by atoms with Crippen molar-refractivity contribution in [2.75, 3.05) is 0 Å². The number of carbonyl (C=O) groups is 1. The van der Waals surface area contributed by atoms with Gasteiger partial charge < -0.3 is 5.32 Å². The zero-order chi connectivity index (χ0) is 12.8. The lowest BCUT2D eigenvalue weighted by Gasteiger charge is -2.11. The molecule has 2 rings (SSSR count). The molecule has 0 saturated carbocycles. The number of nitrogens with zero attached hydrogens (tertiary/aromatic N) is 2. The lowest BCUT2D eigenvalue weighted by atomic mass is 10.1. The minimum absolute atomic E-state index is 0.0197. The Labute approximate surface area is 106 Å². The minimum Gasteiger partial charge on any atom is -0.349 e. The molecule has 0 aliphatic heterocycles. The van der Waals surface area contributed by atoms with E-state index in [2.05, 4.69) is 20.5 Å². The van der Waals surface area contributed by atoms with E-state index in [4.69, 9.17) is 0 Å². The molecule has 2 aromatic heterocycles. The molecule has 2 aromatic rings. The summed E-state index contributed by atoms with van der Waals surface area (Å²) in [6, 6.07) is 3.83. The second-order valence-corrected chi connectivity index (χ2v) is 4.18. The molecule has 0 aliphatic carbocycles. The second kappa shape index (κ2) is 5.95. The van der Waals surface area contributed by atoms with E-state index in [1.807, 2.05) is 19.1 Å². The second-order valence-electron chi connectivity index (χ2n) is 4.18. The van der Waals surface area contributed by atoms with E-state index in [0.717, 1.165) is 17.5 Å². The van der Waals surface area contributed by atoms with Crippen LogP contribution in [0.15, 0.2) is 36.9 Å². The van der Waals surface area contributed by atoms with Gasteiger partial charge in [0.1, 0.15) is 0 Å². The van der Waals surface area contributed by atoms with Gasteiger partial charge in [0.05, 0.1) is 12.2 Å². The van der Waals surface area contributed by atoms with Crippen LogP contribution in [-0.4, -0.2) is 21.1 Å². The molecule has 1 amide bonds. The first-order chi connectivity index (χ1) is 8.75. The molecule has 0 spiro atoms. The van der Waals surface area contributed by atoms with Gasteiger partial charge in [0.25, 0.3) is 0 Å². The normalized spacial score (nSPS) is 12.1. The van der Waals surface area contributed by atoms with Crippen LogP contribution in [0.25, 0.3) is 0 Å². The number of amides is 1. The maximum absolute atomic E-state index is 11.8. The summed E-state index contributed by atoms with van der Waals surface area (Å²) < 4.78 is 0. The third-order valence-electron chi connectivity index (χ3n) is 2.79. The van der Waals surface area contributed by atoms with E-state index < -0.39 is 0 Å². The van der Waals surface area contributed by atoms with Gasteiger partial charge in [-0.25, -0.2) is 0 Å². The number of nitrogens with one attached hydrogen (secondary N) is 2. The van der Waals surface area contributed by atoms with Crippen molar-refractivity contribution < 1.29 is 4.79 Å². The molecule has 18 heavy (non-hydrogen) atoms. The lowest BCUT2D eigenvalue weighted by molar-refractivity contribution is -0.121. The third-order valence-corrected chi connectivity index (χ3v) is 2.79. The van der Waals surface area contributed by atoms with Crippen molar-refractivity contribution in [2.24, 2.45) is 0 Å². The molecule has 1 unspecified atom stereocenters. The number of aryl methyl sites for hydroxylation is 1. The molecule has 2 heterocycles. The Morgan fingerprint density at radius 2 is 2.22 bits per heavy atom. The van der Waals surface area contributed by atoms with Gasteiger partial charge in [-0.3, -0.25) is 14.9 Å². The molecular formula is C13H16N4O. The number of carbonyl (C=O) groups excluding carboxylic acids is 1. The first-order valence-electron chi connectivity index (χ1n) is 5.92. The first kappa shape index (κ1) is 12.3. The zero-order valence-corrected chi connectivity index (χ0v) is 10.3. The van der Waals surface area contributed by atoms with Crippen LogP contribution in [0.4, 0.5) is 0 Å². The van der Waals surface area contributed by atoms with Crippen LogP contribution < -0.4 is 5.32 Å². The molecule has 5 heteroatoms. The summed E-state index contributed by atoms with van der Waals surface area (Å²) in [5.41, 5.74) is 2.10. The molecule has 94 valence electrons. The van der Waals surface area contributed by atoms with E-state index in [1.165, 1.54) is 0 Å². The van der Waals surface area contributed by atoms with Crippen LogP contribution in [0.2, 0.25) is 0 Å². The first-order valence-corrected chi connectivity index (χ1v) is 5.92. The lowest BCUT2D eigenvalue weighted by Crippen LogP contribution is -2.26. The number of pyridine rings is 1. The van der Waals surface area contributed by atoms with Gasteiger partial charge in [-0.2, -0.15) is 5.10 Å². The fourth-order valence-electron chi connectivity index (χ4n) is 1.70. The van der Waals surface area contributed by atoms with Gasteiger partial charge in [-0.1, -0.05) is 0 Å². The Morgan fingerprint density at radius 3 is 2.89 bits per heavy atom. The van der Waals surface area contributed by atoms with Crippen molar-refractivity contribution in [3.05, 3.63) is 48.0 Å². The van der Waals surface area contributed by atoms with Crippen LogP contribution in [0.3, 0.4) is 0 Å². The summed E-state index contributed by atoms with van der Waals surface area (Å²) in [6.07, 6.45) is 8.18. The highest BCUT2D eigenvalue weighted by Gasteiger charge is 2.10. The molecule has 0 fully saturated rings. The maximum atomic E-state index is 11.8.